The Hall–Kier alpha value is -2.05. The number of nitrogens with zero attached hydrogens (tertiary/aromatic N) is 2. The van der Waals surface area contributed by atoms with Crippen molar-refractivity contribution >= 4 is 17.5 Å². The van der Waals surface area contributed by atoms with Gasteiger partial charge in [0.1, 0.15) is 0 Å². The summed E-state index contributed by atoms with van der Waals surface area (Å²) in [5, 5.41) is 6.93. The lowest BCUT2D eigenvalue weighted by atomic mass is 9.89. The molecule has 1 aromatic rings. The first kappa shape index (κ1) is 13.0. The monoisotopic (exact) mass is 277 g/mol. The fraction of sp³-hybridized carbons (Fsp3) is 0.615. The Morgan fingerprint density at radius 3 is 2.70 bits per heavy atom. The topological polar surface area (TPSA) is 118 Å². The Bertz CT molecular complexity index is 577. The van der Waals surface area contributed by atoms with E-state index < -0.39 is 5.41 Å². The first-order valence-electron chi connectivity index (χ1n) is 6.85. The summed E-state index contributed by atoms with van der Waals surface area (Å²) in [5.41, 5.74) is 12.3. The molecule has 0 aromatic carbocycles. The number of rotatable bonds is 3. The van der Waals surface area contributed by atoms with Crippen LogP contribution in [0.1, 0.15) is 48.3 Å². The average Bonchev–Trinajstić information content (AvgIpc) is 3.05. The molecule has 1 saturated carbocycles. The molecule has 2 fully saturated rings. The second-order valence-corrected chi connectivity index (χ2v) is 6.08. The summed E-state index contributed by atoms with van der Waals surface area (Å²) in [4.78, 5) is 25.5. The van der Waals surface area contributed by atoms with Crippen molar-refractivity contribution in [2.45, 2.75) is 32.1 Å². The molecule has 1 aromatic heterocycles. The molecule has 1 saturated heterocycles. The van der Waals surface area contributed by atoms with Crippen molar-refractivity contribution in [2.24, 2.45) is 11.1 Å². The van der Waals surface area contributed by atoms with Crippen molar-refractivity contribution in [3.05, 3.63) is 11.4 Å². The summed E-state index contributed by atoms with van der Waals surface area (Å²) in [5.74, 6) is -0.185. The number of nitrogen functional groups attached to an aromatic ring is 1. The lowest BCUT2D eigenvalue weighted by molar-refractivity contribution is -0.126. The van der Waals surface area contributed by atoms with E-state index in [0.29, 0.717) is 31.1 Å². The van der Waals surface area contributed by atoms with Gasteiger partial charge in [0, 0.05) is 19.0 Å². The quantitative estimate of drug-likeness (QED) is 0.731. The molecule has 20 heavy (non-hydrogen) atoms. The lowest BCUT2D eigenvalue weighted by Crippen LogP contribution is -2.38. The molecule has 1 unspecified atom stereocenters. The third kappa shape index (κ3) is 1.93. The predicted octanol–water partition coefficient (Wildman–Crippen LogP) is 0.207. The van der Waals surface area contributed by atoms with Crippen LogP contribution in [0.3, 0.4) is 0 Å². The molecule has 2 heterocycles. The van der Waals surface area contributed by atoms with Crippen LogP contribution in [0.15, 0.2) is 0 Å². The Labute approximate surface area is 116 Å². The smallest absolute Gasteiger partial charge is 0.276 e. The van der Waals surface area contributed by atoms with Crippen LogP contribution in [-0.4, -0.2) is 40.0 Å². The lowest BCUT2D eigenvalue weighted by Gasteiger charge is -2.20. The number of carbonyl (C=O) groups excluding carboxylic acids is 2. The molecule has 7 nitrogen and oxygen atoms in total. The van der Waals surface area contributed by atoms with Gasteiger partial charge in [-0.15, -0.1) is 0 Å². The zero-order valence-corrected chi connectivity index (χ0v) is 11.5. The molecule has 5 N–H and O–H groups in total. The zero-order valence-electron chi connectivity index (χ0n) is 11.5. The van der Waals surface area contributed by atoms with E-state index in [1.165, 1.54) is 0 Å². The van der Waals surface area contributed by atoms with Gasteiger partial charge in [-0.25, -0.2) is 0 Å². The zero-order chi connectivity index (χ0) is 14.5. The SMILES string of the molecule is CC1(C(N)=O)CCN(C(=O)c2n[nH]c(C3CC3)c2N)C1. The van der Waals surface area contributed by atoms with Crippen molar-refractivity contribution in [3.63, 3.8) is 0 Å². The molecule has 0 radical (unpaired) electrons. The number of primary amides is 1. The molecule has 2 amide bonds. The first-order chi connectivity index (χ1) is 9.42. The number of carbonyl (C=O) groups is 2. The fourth-order valence-electron chi connectivity index (χ4n) is 2.70. The van der Waals surface area contributed by atoms with Gasteiger partial charge in [-0.1, -0.05) is 0 Å². The van der Waals surface area contributed by atoms with E-state index in [0.717, 1.165) is 18.5 Å². The summed E-state index contributed by atoms with van der Waals surface area (Å²) >= 11 is 0. The largest absolute Gasteiger partial charge is 0.395 e. The minimum Gasteiger partial charge on any atom is -0.395 e. The van der Waals surface area contributed by atoms with Crippen LogP contribution in [0.2, 0.25) is 0 Å². The summed E-state index contributed by atoms with van der Waals surface area (Å²) in [6.07, 6.45) is 2.75. The number of nitrogens with one attached hydrogen (secondary N) is 1. The Kier molecular flexibility index (Phi) is 2.74. The predicted molar refractivity (Wildman–Crippen MR) is 72.8 cm³/mol. The third-order valence-electron chi connectivity index (χ3n) is 4.38. The minimum absolute atomic E-state index is 0.226. The molecule has 0 spiro atoms. The number of likely N-dealkylation sites (tertiary alicyclic amines) is 1. The third-order valence-corrected chi connectivity index (χ3v) is 4.38. The highest BCUT2D eigenvalue weighted by Crippen LogP contribution is 2.42. The van der Waals surface area contributed by atoms with Crippen molar-refractivity contribution in [2.75, 3.05) is 18.8 Å². The summed E-state index contributed by atoms with van der Waals surface area (Å²) < 4.78 is 0. The highest BCUT2D eigenvalue weighted by Gasteiger charge is 2.42. The maximum atomic E-state index is 12.4. The number of H-pyrrole nitrogens is 1. The van der Waals surface area contributed by atoms with Crippen molar-refractivity contribution in [1.29, 1.82) is 0 Å². The van der Waals surface area contributed by atoms with Crippen LogP contribution in [0.4, 0.5) is 5.69 Å². The van der Waals surface area contributed by atoms with Gasteiger partial charge in [-0.05, 0) is 26.2 Å². The van der Waals surface area contributed by atoms with Crippen LogP contribution < -0.4 is 11.5 Å². The highest BCUT2D eigenvalue weighted by atomic mass is 16.2. The fourth-order valence-corrected chi connectivity index (χ4v) is 2.70. The number of anilines is 1. The normalized spacial score (nSPS) is 25.9. The van der Waals surface area contributed by atoms with Crippen LogP contribution >= 0.6 is 0 Å². The summed E-state index contributed by atoms with van der Waals surface area (Å²) in [7, 11) is 0. The van der Waals surface area contributed by atoms with Gasteiger partial charge in [0.2, 0.25) is 5.91 Å². The van der Waals surface area contributed by atoms with E-state index >= 15 is 0 Å². The second-order valence-electron chi connectivity index (χ2n) is 6.08. The van der Waals surface area contributed by atoms with Gasteiger partial charge in [0.25, 0.3) is 5.91 Å². The van der Waals surface area contributed by atoms with E-state index in [1.54, 1.807) is 11.8 Å². The average molecular weight is 277 g/mol. The van der Waals surface area contributed by atoms with Gasteiger partial charge >= 0.3 is 0 Å². The van der Waals surface area contributed by atoms with Gasteiger partial charge in [0.15, 0.2) is 5.69 Å². The Morgan fingerprint density at radius 2 is 2.15 bits per heavy atom. The Morgan fingerprint density at radius 1 is 1.45 bits per heavy atom. The first-order valence-corrected chi connectivity index (χ1v) is 6.85. The van der Waals surface area contributed by atoms with E-state index in [-0.39, 0.29) is 17.5 Å². The second kappa shape index (κ2) is 4.22. The number of amides is 2. The van der Waals surface area contributed by atoms with Gasteiger partial charge in [-0.2, -0.15) is 5.10 Å². The molecule has 0 bridgehead atoms. The van der Waals surface area contributed by atoms with Crippen molar-refractivity contribution < 1.29 is 9.59 Å². The number of aromatic nitrogens is 2. The molecule has 1 aliphatic carbocycles. The molecular weight excluding hydrogens is 258 g/mol. The maximum absolute atomic E-state index is 12.4. The van der Waals surface area contributed by atoms with Crippen LogP contribution in [-0.2, 0) is 4.79 Å². The number of hydrogen-bond donors (Lipinski definition) is 3. The molecule has 7 heteroatoms. The molecule has 108 valence electrons. The standard InChI is InChI=1S/C13H19N5O2/c1-13(12(15)20)4-5-18(6-13)11(19)10-8(14)9(16-17-10)7-2-3-7/h7H,2-6,14H2,1H3,(H2,15,20)(H,16,17). The number of aromatic amines is 1. The Balaban J connectivity index is 1.78. The van der Waals surface area contributed by atoms with Gasteiger partial charge < -0.3 is 16.4 Å². The van der Waals surface area contributed by atoms with Gasteiger partial charge in [-0.3, -0.25) is 14.7 Å². The van der Waals surface area contributed by atoms with Crippen molar-refractivity contribution in [1.82, 2.24) is 15.1 Å². The van der Waals surface area contributed by atoms with Gasteiger partial charge in [0.05, 0.1) is 16.8 Å². The maximum Gasteiger partial charge on any atom is 0.276 e. The van der Waals surface area contributed by atoms with E-state index in [1.807, 2.05) is 0 Å². The van der Waals surface area contributed by atoms with Crippen LogP contribution in [0, 0.1) is 5.41 Å². The van der Waals surface area contributed by atoms with Crippen LogP contribution in [0.25, 0.3) is 0 Å². The van der Waals surface area contributed by atoms with E-state index in [9.17, 15) is 9.59 Å². The number of nitrogens with two attached hydrogens (primary N) is 2. The summed E-state index contributed by atoms with van der Waals surface area (Å²) in [6.45, 7) is 2.61. The van der Waals surface area contributed by atoms with Crippen molar-refractivity contribution in [3.8, 4) is 0 Å². The van der Waals surface area contributed by atoms with E-state index in [4.69, 9.17) is 11.5 Å². The van der Waals surface area contributed by atoms with E-state index in [2.05, 4.69) is 10.2 Å². The van der Waals surface area contributed by atoms with Crippen LogP contribution in [0.5, 0.6) is 0 Å². The molecule has 1 atom stereocenters. The molecule has 3 rings (SSSR count). The number of hydrogen-bond acceptors (Lipinski definition) is 4. The molecular formula is C13H19N5O2. The highest BCUT2D eigenvalue weighted by molar-refractivity contribution is 5.98. The summed E-state index contributed by atoms with van der Waals surface area (Å²) in [6, 6.07) is 0. The molecule has 2 aliphatic rings. The minimum atomic E-state index is -0.653. The molecule has 1 aliphatic heterocycles.